The van der Waals surface area contributed by atoms with Crippen LogP contribution in [-0.2, 0) is 11.2 Å². The third-order valence-electron chi connectivity index (χ3n) is 6.29. The van der Waals surface area contributed by atoms with Crippen molar-refractivity contribution in [1.29, 1.82) is 0 Å². The SMILES string of the molecule is C=C(C)c1ccc(C)cc1-c1c(O)cc(CCCC)c(C(=O)N2CCN(C(C)=O)CC2)c1O. The van der Waals surface area contributed by atoms with Gasteiger partial charge in [0.25, 0.3) is 5.91 Å². The van der Waals surface area contributed by atoms with Crippen LogP contribution in [0.1, 0.15) is 60.7 Å². The third kappa shape index (κ3) is 5.05. The summed E-state index contributed by atoms with van der Waals surface area (Å²) >= 11 is 0. The van der Waals surface area contributed by atoms with Crippen LogP contribution in [0.4, 0.5) is 0 Å². The van der Waals surface area contributed by atoms with Crippen molar-refractivity contribution in [1.82, 2.24) is 9.80 Å². The number of amides is 2. The lowest BCUT2D eigenvalue weighted by Crippen LogP contribution is -2.50. The van der Waals surface area contributed by atoms with Gasteiger partial charge in [0.05, 0.1) is 11.1 Å². The number of hydrogen-bond acceptors (Lipinski definition) is 4. The molecular weight excluding hydrogens is 416 g/mol. The molecule has 1 fully saturated rings. The van der Waals surface area contributed by atoms with Gasteiger partial charge in [-0.2, -0.15) is 0 Å². The quantitative estimate of drug-likeness (QED) is 0.665. The predicted molar refractivity (Wildman–Crippen MR) is 131 cm³/mol. The second-order valence-electron chi connectivity index (χ2n) is 8.88. The van der Waals surface area contributed by atoms with Gasteiger partial charge in [-0.15, -0.1) is 0 Å². The number of aryl methyl sites for hydroxylation is 2. The molecule has 0 bridgehead atoms. The second kappa shape index (κ2) is 10.1. The smallest absolute Gasteiger partial charge is 0.258 e. The molecule has 6 heteroatoms. The summed E-state index contributed by atoms with van der Waals surface area (Å²) in [6.07, 6.45) is 2.33. The van der Waals surface area contributed by atoms with E-state index in [-0.39, 0.29) is 34.4 Å². The Morgan fingerprint density at radius 3 is 2.24 bits per heavy atom. The van der Waals surface area contributed by atoms with Crippen LogP contribution in [0.2, 0.25) is 0 Å². The van der Waals surface area contributed by atoms with Gasteiger partial charge in [0.1, 0.15) is 11.5 Å². The summed E-state index contributed by atoms with van der Waals surface area (Å²) in [7, 11) is 0. The fourth-order valence-corrected chi connectivity index (χ4v) is 4.40. The number of benzene rings is 2. The maximum absolute atomic E-state index is 13.6. The van der Waals surface area contributed by atoms with E-state index in [9.17, 15) is 19.8 Å². The number of unbranched alkanes of at least 4 members (excludes halogenated alkanes) is 1. The molecule has 0 saturated carbocycles. The molecule has 1 saturated heterocycles. The van der Waals surface area contributed by atoms with E-state index in [4.69, 9.17) is 0 Å². The number of allylic oxidation sites excluding steroid dienone is 1. The first-order valence-corrected chi connectivity index (χ1v) is 11.5. The van der Waals surface area contributed by atoms with E-state index in [1.807, 2.05) is 32.0 Å². The number of rotatable bonds is 6. The van der Waals surface area contributed by atoms with Crippen molar-refractivity contribution >= 4 is 17.4 Å². The van der Waals surface area contributed by atoms with Crippen LogP contribution >= 0.6 is 0 Å². The lowest BCUT2D eigenvalue weighted by atomic mass is 9.88. The van der Waals surface area contributed by atoms with Crippen molar-refractivity contribution in [3.05, 3.63) is 53.1 Å². The minimum Gasteiger partial charge on any atom is -0.507 e. The van der Waals surface area contributed by atoms with Crippen LogP contribution < -0.4 is 0 Å². The zero-order valence-electron chi connectivity index (χ0n) is 20.1. The predicted octanol–water partition coefficient (Wildman–Crippen LogP) is 4.75. The van der Waals surface area contributed by atoms with Gasteiger partial charge in [-0.05, 0) is 49.4 Å². The molecule has 1 aliphatic rings. The molecule has 0 spiro atoms. The summed E-state index contributed by atoms with van der Waals surface area (Å²) in [6, 6.07) is 7.38. The summed E-state index contributed by atoms with van der Waals surface area (Å²) < 4.78 is 0. The first-order valence-electron chi connectivity index (χ1n) is 11.5. The summed E-state index contributed by atoms with van der Waals surface area (Å²) in [4.78, 5) is 28.7. The van der Waals surface area contributed by atoms with Gasteiger partial charge in [0.15, 0.2) is 0 Å². The molecule has 6 nitrogen and oxygen atoms in total. The molecule has 2 aromatic carbocycles. The van der Waals surface area contributed by atoms with Crippen molar-refractivity contribution in [2.75, 3.05) is 26.2 Å². The molecule has 2 amide bonds. The Morgan fingerprint density at radius 1 is 1.03 bits per heavy atom. The van der Waals surface area contributed by atoms with E-state index in [1.54, 1.807) is 15.9 Å². The van der Waals surface area contributed by atoms with Crippen molar-refractivity contribution in [3.8, 4) is 22.6 Å². The van der Waals surface area contributed by atoms with Crippen molar-refractivity contribution < 1.29 is 19.8 Å². The van der Waals surface area contributed by atoms with E-state index in [2.05, 4.69) is 13.5 Å². The van der Waals surface area contributed by atoms with Crippen LogP contribution in [-0.4, -0.2) is 58.0 Å². The van der Waals surface area contributed by atoms with Crippen LogP contribution in [0.15, 0.2) is 30.8 Å². The largest absolute Gasteiger partial charge is 0.507 e. The second-order valence-corrected chi connectivity index (χ2v) is 8.88. The number of carbonyl (C=O) groups excluding carboxylic acids is 2. The van der Waals surface area contributed by atoms with Crippen molar-refractivity contribution in [2.45, 2.75) is 47.0 Å². The fourth-order valence-electron chi connectivity index (χ4n) is 4.40. The summed E-state index contributed by atoms with van der Waals surface area (Å²) in [6.45, 7) is 13.2. The monoisotopic (exact) mass is 450 g/mol. The molecule has 2 aromatic rings. The molecular formula is C27H34N2O4. The molecule has 2 N–H and O–H groups in total. The number of phenolic OH excluding ortho intramolecular Hbond substituents is 2. The standard InChI is InChI=1S/C27H34N2O4/c1-6-7-8-20-16-23(31)25(22-15-18(4)9-10-21(22)17(2)3)26(32)24(20)27(33)29-13-11-28(12-14-29)19(5)30/h9-10,15-16,31-32H,2,6-8,11-14H2,1,3-5H3. The maximum Gasteiger partial charge on any atom is 0.258 e. The molecule has 1 aliphatic heterocycles. The highest BCUT2D eigenvalue weighted by atomic mass is 16.3. The first kappa shape index (κ1) is 24.4. The van der Waals surface area contributed by atoms with E-state index in [0.29, 0.717) is 43.7 Å². The molecule has 33 heavy (non-hydrogen) atoms. The van der Waals surface area contributed by atoms with E-state index in [0.717, 1.165) is 29.5 Å². The fraction of sp³-hybridized carbons (Fsp3) is 0.407. The number of aromatic hydroxyl groups is 2. The zero-order chi connectivity index (χ0) is 24.3. The normalized spacial score (nSPS) is 13.8. The minimum atomic E-state index is -0.271. The topological polar surface area (TPSA) is 81.1 Å². The Labute approximate surface area is 196 Å². The number of carbonyl (C=O) groups is 2. The van der Waals surface area contributed by atoms with Gasteiger partial charge in [0.2, 0.25) is 5.91 Å². The Balaban J connectivity index is 2.13. The first-order chi connectivity index (χ1) is 15.6. The summed E-state index contributed by atoms with van der Waals surface area (Å²) in [5.74, 6) is -0.530. The molecule has 0 atom stereocenters. The Kier molecular flexibility index (Phi) is 7.46. The van der Waals surface area contributed by atoms with Gasteiger partial charge in [0, 0.05) is 33.1 Å². The molecule has 0 aliphatic carbocycles. The lowest BCUT2D eigenvalue weighted by Gasteiger charge is -2.35. The van der Waals surface area contributed by atoms with E-state index >= 15 is 0 Å². The maximum atomic E-state index is 13.6. The Hall–Kier alpha value is -3.28. The van der Waals surface area contributed by atoms with Gasteiger partial charge in [-0.3, -0.25) is 9.59 Å². The van der Waals surface area contributed by atoms with Crippen molar-refractivity contribution in [2.24, 2.45) is 0 Å². The van der Waals surface area contributed by atoms with Crippen LogP contribution in [0.5, 0.6) is 11.5 Å². The summed E-state index contributed by atoms with van der Waals surface area (Å²) in [5, 5.41) is 22.4. The van der Waals surface area contributed by atoms with Crippen LogP contribution in [0.3, 0.4) is 0 Å². The average Bonchev–Trinajstić information content (AvgIpc) is 2.77. The molecule has 3 rings (SSSR count). The number of piperazine rings is 1. The number of nitrogens with zero attached hydrogens (tertiary/aromatic N) is 2. The van der Waals surface area contributed by atoms with Crippen molar-refractivity contribution in [3.63, 3.8) is 0 Å². The molecule has 176 valence electrons. The number of phenols is 2. The van der Waals surface area contributed by atoms with E-state index < -0.39 is 0 Å². The Morgan fingerprint density at radius 2 is 1.67 bits per heavy atom. The van der Waals surface area contributed by atoms with Gasteiger partial charge in [-0.25, -0.2) is 0 Å². The highest BCUT2D eigenvalue weighted by Crippen LogP contribution is 2.45. The molecule has 1 heterocycles. The van der Waals surface area contributed by atoms with Crippen LogP contribution in [0, 0.1) is 6.92 Å². The highest BCUT2D eigenvalue weighted by Gasteiger charge is 2.30. The zero-order valence-corrected chi connectivity index (χ0v) is 20.1. The van der Waals surface area contributed by atoms with Crippen LogP contribution in [0.25, 0.3) is 16.7 Å². The van der Waals surface area contributed by atoms with Gasteiger partial charge < -0.3 is 20.0 Å². The van der Waals surface area contributed by atoms with E-state index in [1.165, 1.54) is 6.92 Å². The van der Waals surface area contributed by atoms with Gasteiger partial charge in [-0.1, -0.05) is 49.3 Å². The molecule has 0 aromatic heterocycles. The third-order valence-corrected chi connectivity index (χ3v) is 6.29. The highest BCUT2D eigenvalue weighted by molar-refractivity contribution is 6.02. The Bertz CT molecular complexity index is 1080. The lowest BCUT2D eigenvalue weighted by molar-refractivity contribution is -0.130. The molecule has 0 unspecified atom stereocenters. The summed E-state index contributed by atoms with van der Waals surface area (Å²) in [5.41, 5.74) is 4.35. The van der Waals surface area contributed by atoms with Gasteiger partial charge >= 0.3 is 0 Å². The minimum absolute atomic E-state index is 0.00716. The average molecular weight is 451 g/mol. The molecule has 0 radical (unpaired) electrons. The number of hydrogen-bond donors (Lipinski definition) is 2.